The second-order valence-electron chi connectivity index (χ2n) is 5.08. The van der Waals surface area contributed by atoms with Crippen LogP contribution in [0.15, 0.2) is 0 Å². The van der Waals surface area contributed by atoms with Crippen molar-refractivity contribution in [3.63, 3.8) is 0 Å². The van der Waals surface area contributed by atoms with Gasteiger partial charge in [0.1, 0.15) is 10.0 Å². The number of aryl methyl sites for hydroxylation is 1. The summed E-state index contributed by atoms with van der Waals surface area (Å²) in [5, 5.41) is 14.1. The molecule has 1 rings (SSSR count). The molecular formula is C13H25N3OS. The van der Waals surface area contributed by atoms with Crippen LogP contribution in [0, 0.1) is 0 Å². The van der Waals surface area contributed by atoms with Gasteiger partial charge in [-0.15, -0.1) is 21.5 Å². The summed E-state index contributed by atoms with van der Waals surface area (Å²) in [6.07, 6.45) is 4.16. The number of hydrogen-bond acceptors (Lipinski definition) is 5. The first-order valence-corrected chi connectivity index (χ1v) is 7.46. The summed E-state index contributed by atoms with van der Waals surface area (Å²) in [5.74, 6) is 0. The number of rotatable bonds is 9. The van der Waals surface area contributed by atoms with Crippen LogP contribution in [0.25, 0.3) is 0 Å². The van der Waals surface area contributed by atoms with Crippen LogP contribution in [0.3, 0.4) is 0 Å². The number of nitrogens with zero attached hydrogens (tertiary/aromatic N) is 2. The van der Waals surface area contributed by atoms with Crippen LogP contribution in [0.2, 0.25) is 0 Å². The second-order valence-corrected chi connectivity index (χ2v) is 6.23. The normalized spacial score (nSPS) is 12.0. The third kappa shape index (κ3) is 5.89. The lowest BCUT2D eigenvalue weighted by Crippen LogP contribution is -2.25. The van der Waals surface area contributed by atoms with Crippen molar-refractivity contribution in [3.05, 3.63) is 10.0 Å². The van der Waals surface area contributed by atoms with E-state index in [1.54, 1.807) is 18.4 Å². The minimum absolute atomic E-state index is 0.153. The molecule has 0 aliphatic heterocycles. The van der Waals surface area contributed by atoms with Gasteiger partial charge in [0, 0.05) is 20.0 Å². The zero-order valence-corrected chi connectivity index (χ0v) is 12.8. The molecule has 0 saturated heterocycles. The van der Waals surface area contributed by atoms with E-state index in [0.29, 0.717) is 0 Å². The van der Waals surface area contributed by atoms with Gasteiger partial charge < -0.3 is 10.1 Å². The van der Waals surface area contributed by atoms with E-state index in [1.165, 1.54) is 6.42 Å². The molecule has 18 heavy (non-hydrogen) atoms. The van der Waals surface area contributed by atoms with Gasteiger partial charge in [-0.05, 0) is 39.8 Å². The number of nitrogens with one attached hydrogen (secondary N) is 1. The molecule has 1 aromatic heterocycles. The lowest BCUT2D eigenvalue weighted by atomic mass is 10.1. The first-order chi connectivity index (χ1) is 8.57. The fraction of sp³-hybridized carbons (Fsp3) is 0.846. The highest BCUT2D eigenvalue weighted by atomic mass is 32.1. The molecule has 0 spiro atoms. The predicted octanol–water partition coefficient (Wildman–Crippen LogP) is 2.44. The van der Waals surface area contributed by atoms with Crippen LogP contribution in [0.4, 0.5) is 0 Å². The average molecular weight is 271 g/mol. The molecule has 0 saturated carbocycles. The number of ether oxygens (including phenoxy) is 1. The molecule has 0 amide bonds. The van der Waals surface area contributed by atoms with E-state index in [9.17, 15) is 0 Å². The molecule has 1 aromatic rings. The quantitative estimate of drug-likeness (QED) is 0.701. The third-order valence-electron chi connectivity index (χ3n) is 2.81. The molecule has 0 bridgehead atoms. The monoisotopic (exact) mass is 271 g/mol. The van der Waals surface area contributed by atoms with E-state index in [-0.39, 0.29) is 5.60 Å². The Kier molecular flexibility index (Phi) is 6.75. The minimum Gasteiger partial charge on any atom is -0.378 e. The van der Waals surface area contributed by atoms with Gasteiger partial charge in [-0.2, -0.15) is 0 Å². The van der Waals surface area contributed by atoms with Gasteiger partial charge in [0.2, 0.25) is 0 Å². The largest absolute Gasteiger partial charge is 0.378 e. The van der Waals surface area contributed by atoms with E-state index >= 15 is 0 Å². The highest BCUT2D eigenvalue weighted by Crippen LogP contribution is 2.19. The Morgan fingerprint density at radius 2 is 1.94 bits per heavy atom. The lowest BCUT2D eigenvalue weighted by molar-refractivity contribution is 0.0230. The molecule has 1 N–H and O–H groups in total. The van der Waals surface area contributed by atoms with Crippen molar-refractivity contribution >= 4 is 11.3 Å². The summed E-state index contributed by atoms with van der Waals surface area (Å²) >= 11 is 1.71. The number of methoxy groups -OCH3 is 1. The van der Waals surface area contributed by atoms with Crippen molar-refractivity contribution in [1.29, 1.82) is 0 Å². The van der Waals surface area contributed by atoms with Gasteiger partial charge in [-0.3, -0.25) is 0 Å². The Bertz CT molecular complexity index is 339. The second kappa shape index (κ2) is 7.81. The molecule has 4 nitrogen and oxygen atoms in total. The van der Waals surface area contributed by atoms with Gasteiger partial charge in [0.05, 0.1) is 5.60 Å². The highest BCUT2D eigenvalue weighted by Gasteiger charge is 2.19. The SMILES string of the molecule is CCCNCCCc1nnc(CC(C)(C)OC)s1. The third-order valence-corrected chi connectivity index (χ3v) is 3.79. The topological polar surface area (TPSA) is 47.0 Å². The first kappa shape index (κ1) is 15.5. The summed E-state index contributed by atoms with van der Waals surface area (Å²) < 4.78 is 5.41. The molecule has 0 aromatic carbocycles. The van der Waals surface area contributed by atoms with E-state index in [0.717, 1.165) is 42.4 Å². The van der Waals surface area contributed by atoms with Crippen molar-refractivity contribution < 1.29 is 4.74 Å². The fourth-order valence-electron chi connectivity index (χ4n) is 1.56. The van der Waals surface area contributed by atoms with Crippen LogP contribution >= 0.6 is 11.3 Å². The Labute approximate surface area is 114 Å². The van der Waals surface area contributed by atoms with Gasteiger partial charge in [-0.25, -0.2) is 0 Å². The van der Waals surface area contributed by atoms with Crippen molar-refractivity contribution in [3.8, 4) is 0 Å². The standard InChI is InChI=1S/C13H25N3OS/c1-5-8-14-9-6-7-11-15-16-12(18-11)10-13(2,3)17-4/h14H,5-10H2,1-4H3. The molecule has 0 unspecified atom stereocenters. The molecule has 0 radical (unpaired) electrons. The first-order valence-electron chi connectivity index (χ1n) is 6.64. The van der Waals surface area contributed by atoms with Gasteiger partial charge in [0.15, 0.2) is 0 Å². The average Bonchev–Trinajstić information content (AvgIpc) is 2.76. The molecule has 0 atom stereocenters. The molecule has 5 heteroatoms. The highest BCUT2D eigenvalue weighted by molar-refractivity contribution is 7.11. The van der Waals surface area contributed by atoms with Crippen molar-refractivity contribution in [2.75, 3.05) is 20.2 Å². The molecule has 0 fully saturated rings. The Morgan fingerprint density at radius 3 is 2.61 bits per heavy atom. The molecule has 1 heterocycles. The molecular weight excluding hydrogens is 246 g/mol. The smallest absolute Gasteiger partial charge is 0.120 e. The molecule has 0 aliphatic carbocycles. The summed E-state index contributed by atoms with van der Waals surface area (Å²) in [7, 11) is 1.74. The zero-order chi connectivity index (χ0) is 13.4. The van der Waals surface area contributed by atoms with Crippen LogP contribution in [0.5, 0.6) is 0 Å². The van der Waals surface area contributed by atoms with Crippen molar-refractivity contribution in [2.24, 2.45) is 0 Å². The summed E-state index contributed by atoms with van der Waals surface area (Å²) in [6.45, 7) is 8.49. The van der Waals surface area contributed by atoms with E-state index in [2.05, 4.69) is 36.3 Å². The van der Waals surface area contributed by atoms with Crippen LogP contribution < -0.4 is 5.32 Å². The predicted molar refractivity (Wildman–Crippen MR) is 76.2 cm³/mol. The molecule has 104 valence electrons. The van der Waals surface area contributed by atoms with E-state index in [4.69, 9.17) is 4.74 Å². The van der Waals surface area contributed by atoms with Gasteiger partial charge in [0.25, 0.3) is 0 Å². The maximum atomic E-state index is 5.41. The number of aromatic nitrogens is 2. The Balaban J connectivity index is 2.30. The zero-order valence-electron chi connectivity index (χ0n) is 12.0. The Morgan fingerprint density at radius 1 is 1.22 bits per heavy atom. The lowest BCUT2D eigenvalue weighted by Gasteiger charge is -2.20. The summed E-state index contributed by atoms with van der Waals surface area (Å²) in [6, 6.07) is 0. The Hall–Kier alpha value is -0.520. The van der Waals surface area contributed by atoms with Gasteiger partial charge >= 0.3 is 0 Å². The number of hydrogen-bond donors (Lipinski definition) is 1. The maximum absolute atomic E-state index is 5.41. The van der Waals surface area contributed by atoms with Crippen molar-refractivity contribution in [2.45, 2.75) is 52.1 Å². The molecule has 0 aliphatic rings. The van der Waals surface area contributed by atoms with Crippen LogP contribution in [-0.2, 0) is 17.6 Å². The van der Waals surface area contributed by atoms with Crippen molar-refractivity contribution in [1.82, 2.24) is 15.5 Å². The van der Waals surface area contributed by atoms with Crippen LogP contribution in [0.1, 0.15) is 43.6 Å². The fourth-order valence-corrected chi connectivity index (χ4v) is 2.67. The van der Waals surface area contributed by atoms with E-state index < -0.39 is 0 Å². The van der Waals surface area contributed by atoms with E-state index in [1.807, 2.05) is 0 Å². The van der Waals surface area contributed by atoms with Gasteiger partial charge in [-0.1, -0.05) is 6.92 Å². The van der Waals surface area contributed by atoms with Crippen LogP contribution in [-0.4, -0.2) is 36.0 Å². The minimum atomic E-state index is -0.153. The summed E-state index contributed by atoms with van der Waals surface area (Å²) in [5.41, 5.74) is -0.153. The maximum Gasteiger partial charge on any atom is 0.120 e. The summed E-state index contributed by atoms with van der Waals surface area (Å²) in [4.78, 5) is 0.